The first kappa shape index (κ1) is 21.6. The number of likely N-dealkylation sites (N-methyl/N-ethyl adjacent to an activating group) is 1. The van der Waals surface area contributed by atoms with Crippen LogP contribution in [-0.2, 0) is 7.05 Å². The van der Waals surface area contributed by atoms with E-state index in [4.69, 9.17) is 14.5 Å². The fourth-order valence-corrected chi connectivity index (χ4v) is 2.71. The van der Waals surface area contributed by atoms with Gasteiger partial charge in [-0.2, -0.15) is 5.10 Å². The second-order valence-electron chi connectivity index (χ2n) is 6.60. The normalized spacial score (nSPS) is 12.7. The summed E-state index contributed by atoms with van der Waals surface area (Å²) < 4.78 is 12.7. The standard InChI is InChI=1S/C20H32N6O2/c1-6-21-20(22-11-12-28-18-9-7-17(27-5)8-10-18)23-14-19(25(2)3)16-13-24-26(4)15-16/h7-10,13,15,19H,6,11-12,14H2,1-5H3,(H2,21,22,23). The van der Waals surface area contributed by atoms with Crippen LogP contribution >= 0.6 is 0 Å². The number of methoxy groups -OCH3 is 1. The van der Waals surface area contributed by atoms with Crippen molar-refractivity contribution in [3.63, 3.8) is 0 Å². The van der Waals surface area contributed by atoms with Crippen molar-refractivity contribution in [1.29, 1.82) is 0 Å². The number of nitrogens with zero attached hydrogens (tertiary/aromatic N) is 4. The topological polar surface area (TPSA) is 75.9 Å². The van der Waals surface area contributed by atoms with E-state index in [9.17, 15) is 0 Å². The molecule has 28 heavy (non-hydrogen) atoms. The molecule has 1 aromatic heterocycles. The van der Waals surface area contributed by atoms with Gasteiger partial charge in [-0.05, 0) is 45.3 Å². The number of aryl methyl sites for hydroxylation is 1. The summed E-state index contributed by atoms with van der Waals surface area (Å²) in [6.45, 7) is 4.67. The Morgan fingerprint density at radius 1 is 1.21 bits per heavy atom. The Labute approximate surface area is 167 Å². The van der Waals surface area contributed by atoms with Crippen LogP contribution in [0.2, 0.25) is 0 Å². The molecule has 2 aromatic rings. The maximum absolute atomic E-state index is 5.75. The molecule has 0 aliphatic carbocycles. The van der Waals surface area contributed by atoms with Crippen molar-refractivity contribution in [3.8, 4) is 11.5 Å². The molecule has 154 valence electrons. The van der Waals surface area contributed by atoms with Crippen molar-refractivity contribution < 1.29 is 9.47 Å². The van der Waals surface area contributed by atoms with Gasteiger partial charge in [0.1, 0.15) is 18.1 Å². The third-order valence-corrected chi connectivity index (χ3v) is 4.22. The van der Waals surface area contributed by atoms with Gasteiger partial charge >= 0.3 is 0 Å². The van der Waals surface area contributed by atoms with Crippen molar-refractivity contribution in [2.24, 2.45) is 12.0 Å². The molecule has 0 saturated heterocycles. The summed E-state index contributed by atoms with van der Waals surface area (Å²) in [7, 11) is 7.68. The highest BCUT2D eigenvalue weighted by Gasteiger charge is 2.15. The molecule has 0 radical (unpaired) electrons. The molecule has 0 spiro atoms. The molecular formula is C20H32N6O2. The van der Waals surface area contributed by atoms with Crippen LogP contribution in [0.4, 0.5) is 0 Å². The van der Waals surface area contributed by atoms with Crippen LogP contribution in [0.15, 0.2) is 41.7 Å². The van der Waals surface area contributed by atoms with E-state index in [0.717, 1.165) is 29.6 Å². The Hall–Kier alpha value is -2.74. The van der Waals surface area contributed by atoms with Gasteiger partial charge in [-0.25, -0.2) is 0 Å². The van der Waals surface area contributed by atoms with E-state index in [2.05, 4.69) is 41.7 Å². The molecule has 0 saturated carbocycles. The number of ether oxygens (including phenoxy) is 2. The number of guanidine groups is 1. The zero-order valence-electron chi connectivity index (χ0n) is 17.5. The summed E-state index contributed by atoms with van der Waals surface area (Å²) in [6.07, 6.45) is 3.92. The molecule has 0 bridgehead atoms. The number of benzene rings is 1. The van der Waals surface area contributed by atoms with Gasteiger partial charge in [-0.15, -0.1) is 0 Å². The van der Waals surface area contributed by atoms with Gasteiger partial charge in [0.25, 0.3) is 0 Å². The van der Waals surface area contributed by atoms with E-state index in [-0.39, 0.29) is 6.04 Å². The van der Waals surface area contributed by atoms with Crippen molar-refractivity contribution in [3.05, 3.63) is 42.2 Å². The van der Waals surface area contributed by atoms with E-state index < -0.39 is 0 Å². The molecule has 2 rings (SSSR count). The Morgan fingerprint density at radius 2 is 1.93 bits per heavy atom. The number of aliphatic imine (C=N–C) groups is 1. The molecule has 0 amide bonds. The first-order valence-corrected chi connectivity index (χ1v) is 9.47. The minimum atomic E-state index is 0.166. The number of nitrogens with one attached hydrogen (secondary N) is 2. The molecule has 0 fully saturated rings. The maximum Gasteiger partial charge on any atom is 0.191 e. The average molecular weight is 389 g/mol. The predicted octanol–water partition coefficient (Wildman–Crippen LogP) is 1.67. The lowest BCUT2D eigenvalue weighted by molar-refractivity contribution is 0.305. The molecule has 8 nitrogen and oxygen atoms in total. The largest absolute Gasteiger partial charge is 0.497 e. The number of aromatic nitrogens is 2. The Bertz CT molecular complexity index is 727. The highest BCUT2D eigenvalue weighted by molar-refractivity contribution is 5.79. The summed E-state index contributed by atoms with van der Waals surface area (Å²) in [4.78, 5) is 6.88. The van der Waals surface area contributed by atoms with E-state index in [1.165, 1.54) is 0 Å². The summed E-state index contributed by atoms with van der Waals surface area (Å²) in [5, 5.41) is 10.9. The molecule has 2 N–H and O–H groups in total. The van der Waals surface area contributed by atoms with Crippen LogP contribution < -0.4 is 20.1 Å². The highest BCUT2D eigenvalue weighted by Crippen LogP contribution is 2.18. The molecule has 8 heteroatoms. The average Bonchev–Trinajstić information content (AvgIpc) is 3.11. The zero-order chi connectivity index (χ0) is 20.4. The van der Waals surface area contributed by atoms with Crippen molar-refractivity contribution >= 4 is 5.96 Å². The minimum absolute atomic E-state index is 0.166. The van der Waals surface area contributed by atoms with Gasteiger partial charge in [0.2, 0.25) is 0 Å². The van der Waals surface area contributed by atoms with Crippen LogP contribution in [0.3, 0.4) is 0 Å². The van der Waals surface area contributed by atoms with Gasteiger partial charge in [0, 0.05) is 25.4 Å². The molecule has 1 heterocycles. The SMILES string of the molecule is CCNC(=NCC(c1cnn(C)c1)N(C)C)NCCOc1ccc(OC)cc1. The van der Waals surface area contributed by atoms with Crippen LogP contribution in [0.5, 0.6) is 11.5 Å². The first-order valence-electron chi connectivity index (χ1n) is 9.47. The quantitative estimate of drug-likeness (QED) is 0.366. The van der Waals surface area contributed by atoms with Gasteiger partial charge < -0.3 is 25.0 Å². The fraction of sp³-hybridized carbons (Fsp3) is 0.500. The van der Waals surface area contributed by atoms with Gasteiger partial charge in [-0.1, -0.05) is 0 Å². The summed E-state index contributed by atoms with van der Waals surface area (Å²) in [6, 6.07) is 7.73. The van der Waals surface area contributed by atoms with Crippen LogP contribution in [0.1, 0.15) is 18.5 Å². The van der Waals surface area contributed by atoms with Crippen LogP contribution in [-0.4, -0.2) is 68.1 Å². The van der Waals surface area contributed by atoms with E-state index in [1.54, 1.807) is 7.11 Å². The van der Waals surface area contributed by atoms with Crippen molar-refractivity contribution in [2.45, 2.75) is 13.0 Å². The molecule has 1 atom stereocenters. The lowest BCUT2D eigenvalue weighted by atomic mass is 10.1. The monoisotopic (exact) mass is 388 g/mol. The molecule has 1 aromatic carbocycles. The fourth-order valence-electron chi connectivity index (χ4n) is 2.71. The van der Waals surface area contributed by atoms with Gasteiger partial charge in [0.05, 0.1) is 32.4 Å². The second-order valence-corrected chi connectivity index (χ2v) is 6.60. The molecule has 0 aliphatic rings. The Morgan fingerprint density at radius 3 is 2.50 bits per heavy atom. The first-order chi connectivity index (χ1) is 13.5. The zero-order valence-corrected chi connectivity index (χ0v) is 17.5. The van der Waals surface area contributed by atoms with E-state index in [1.807, 2.05) is 48.4 Å². The third-order valence-electron chi connectivity index (χ3n) is 4.22. The summed E-state index contributed by atoms with van der Waals surface area (Å²) in [5.74, 6) is 2.40. The second kappa shape index (κ2) is 11.2. The molecule has 1 unspecified atom stereocenters. The minimum Gasteiger partial charge on any atom is -0.497 e. The Kier molecular flexibility index (Phi) is 8.61. The van der Waals surface area contributed by atoms with E-state index in [0.29, 0.717) is 19.7 Å². The van der Waals surface area contributed by atoms with Crippen LogP contribution in [0.25, 0.3) is 0 Å². The molecular weight excluding hydrogens is 356 g/mol. The van der Waals surface area contributed by atoms with Crippen molar-refractivity contribution in [1.82, 2.24) is 25.3 Å². The smallest absolute Gasteiger partial charge is 0.191 e. The maximum atomic E-state index is 5.75. The summed E-state index contributed by atoms with van der Waals surface area (Å²) >= 11 is 0. The Balaban J connectivity index is 1.86. The predicted molar refractivity (Wildman–Crippen MR) is 112 cm³/mol. The van der Waals surface area contributed by atoms with Gasteiger partial charge in [-0.3, -0.25) is 9.67 Å². The number of hydrogen-bond donors (Lipinski definition) is 2. The van der Waals surface area contributed by atoms with Crippen molar-refractivity contribution in [2.75, 3.05) is 47.4 Å². The number of hydrogen-bond acceptors (Lipinski definition) is 5. The lowest BCUT2D eigenvalue weighted by Gasteiger charge is -2.22. The highest BCUT2D eigenvalue weighted by atomic mass is 16.5. The van der Waals surface area contributed by atoms with Crippen LogP contribution in [0, 0.1) is 0 Å². The summed E-state index contributed by atoms with van der Waals surface area (Å²) in [5.41, 5.74) is 1.15. The molecule has 0 aliphatic heterocycles. The van der Waals surface area contributed by atoms with Gasteiger partial charge in [0.15, 0.2) is 5.96 Å². The number of rotatable bonds is 10. The third kappa shape index (κ3) is 6.77. The lowest BCUT2D eigenvalue weighted by Crippen LogP contribution is -2.40. The van der Waals surface area contributed by atoms with E-state index >= 15 is 0 Å².